The summed E-state index contributed by atoms with van der Waals surface area (Å²) in [5, 5.41) is 2.75. The fourth-order valence-corrected chi connectivity index (χ4v) is 1.14. The molecule has 0 spiro atoms. The van der Waals surface area contributed by atoms with E-state index >= 15 is 0 Å². The van der Waals surface area contributed by atoms with Crippen LogP contribution in [0.25, 0.3) is 0 Å². The van der Waals surface area contributed by atoms with Gasteiger partial charge < -0.3 is 16.8 Å². The highest BCUT2D eigenvalue weighted by molar-refractivity contribution is 5.82. The van der Waals surface area contributed by atoms with Crippen LogP contribution in [0.4, 0.5) is 0 Å². The Labute approximate surface area is 96.9 Å². The second-order valence-electron chi connectivity index (χ2n) is 5.06. The topological polar surface area (TPSA) is 98.2 Å². The van der Waals surface area contributed by atoms with E-state index in [0.29, 0.717) is 19.4 Å². The highest BCUT2D eigenvalue weighted by Gasteiger charge is 2.26. The lowest BCUT2D eigenvalue weighted by Gasteiger charge is -2.25. The summed E-state index contributed by atoms with van der Waals surface area (Å²) in [4.78, 5) is 22.0. The zero-order valence-corrected chi connectivity index (χ0v) is 10.4. The van der Waals surface area contributed by atoms with Crippen LogP contribution in [0.1, 0.15) is 40.0 Å². The normalized spacial score (nSPS) is 13.2. The summed E-state index contributed by atoms with van der Waals surface area (Å²) >= 11 is 0. The number of carbonyl (C=O) groups is 2. The summed E-state index contributed by atoms with van der Waals surface area (Å²) in [6.07, 6.45) is 1.80. The number of hydrogen-bond acceptors (Lipinski definition) is 3. The SMILES string of the molecule is CC(C)(C)[C@H](N)C(=O)NCCCCC(N)=O. The van der Waals surface area contributed by atoms with E-state index in [2.05, 4.69) is 5.32 Å². The Morgan fingerprint density at radius 2 is 1.81 bits per heavy atom. The smallest absolute Gasteiger partial charge is 0.237 e. The van der Waals surface area contributed by atoms with Gasteiger partial charge in [0.1, 0.15) is 0 Å². The molecule has 0 saturated carbocycles. The van der Waals surface area contributed by atoms with Gasteiger partial charge in [-0.25, -0.2) is 0 Å². The third-order valence-electron chi connectivity index (χ3n) is 2.36. The summed E-state index contributed by atoms with van der Waals surface area (Å²) < 4.78 is 0. The summed E-state index contributed by atoms with van der Waals surface area (Å²) in [6, 6.07) is -0.511. The molecule has 94 valence electrons. The maximum Gasteiger partial charge on any atom is 0.237 e. The van der Waals surface area contributed by atoms with E-state index in [1.165, 1.54) is 0 Å². The molecule has 0 rings (SSSR count). The predicted octanol–water partition coefficient (Wildman–Crippen LogP) is 0.132. The van der Waals surface area contributed by atoms with Gasteiger partial charge in [-0.1, -0.05) is 20.8 Å². The van der Waals surface area contributed by atoms with Crippen LogP contribution in [-0.4, -0.2) is 24.4 Å². The molecule has 16 heavy (non-hydrogen) atoms. The number of primary amides is 1. The Kier molecular flexibility index (Phi) is 6.03. The molecule has 0 heterocycles. The number of nitrogens with one attached hydrogen (secondary N) is 1. The van der Waals surface area contributed by atoms with Crippen LogP contribution in [0.3, 0.4) is 0 Å². The first-order valence-electron chi connectivity index (χ1n) is 5.56. The minimum absolute atomic E-state index is 0.147. The van der Waals surface area contributed by atoms with E-state index in [4.69, 9.17) is 11.5 Å². The quantitative estimate of drug-likeness (QED) is 0.565. The third kappa shape index (κ3) is 6.40. The molecular weight excluding hydrogens is 206 g/mol. The van der Waals surface area contributed by atoms with Crippen LogP contribution in [0.15, 0.2) is 0 Å². The summed E-state index contributed by atoms with van der Waals surface area (Å²) in [6.45, 7) is 6.30. The molecule has 0 bridgehead atoms. The van der Waals surface area contributed by atoms with Gasteiger partial charge >= 0.3 is 0 Å². The molecule has 0 aromatic rings. The molecule has 5 nitrogen and oxygen atoms in total. The van der Waals surface area contributed by atoms with Gasteiger partial charge in [0.15, 0.2) is 0 Å². The largest absolute Gasteiger partial charge is 0.370 e. The van der Waals surface area contributed by atoms with Crippen molar-refractivity contribution in [2.45, 2.75) is 46.1 Å². The van der Waals surface area contributed by atoms with E-state index in [0.717, 1.165) is 6.42 Å². The standard InChI is InChI=1S/C11H23N3O2/c1-11(2,3)9(13)10(16)14-7-5-4-6-8(12)15/h9H,4-7,13H2,1-3H3,(H2,12,15)(H,14,16)/t9-/m1/s1. The van der Waals surface area contributed by atoms with Gasteiger partial charge in [-0.15, -0.1) is 0 Å². The highest BCUT2D eigenvalue weighted by Crippen LogP contribution is 2.17. The first-order valence-corrected chi connectivity index (χ1v) is 5.56. The van der Waals surface area contributed by atoms with Crippen molar-refractivity contribution < 1.29 is 9.59 Å². The average molecular weight is 229 g/mol. The molecule has 2 amide bonds. The second-order valence-corrected chi connectivity index (χ2v) is 5.06. The first-order chi connectivity index (χ1) is 7.25. The van der Waals surface area contributed by atoms with Crippen molar-refractivity contribution in [1.29, 1.82) is 0 Å². The van der Waals surface area contributed by atoms with Crippen molar-refractivity contribution in [1.82, 2.24) is 5.32 Å². The van der Waals surface area contributed by atoms with E-state index in [9.17, 15) is 9.59 Å². The summed E-state index contributed by atoms with van der Waals surface area (Å²) in [7, 11) is 0. The molecule has 5 N–H and O–H groups in total. The van der Waals surface area contributed by atoms with Gasteiger partial charge in [0.25, 0.3) is 0 Å². The number of carbonyl (C=O) groups excluding carboxylic acids is 2. The third-order valence-corrected chi connectivity index (χ3v) is 2.36. The van der Waals surface area contributed by atoms with Gasteiger partial charge in [0, 0.05) is 13.0 Å². The lowest BCUT2D eigenvalue weighted by atomic mass is 9.87. The molecule has 0 aliphatic carbocycles. The molecule has 0 saturated heterocycles. The fraction of sp³-hybridized carbons (Fsp3) is 0.818. The first kappa shape index (κ1) is 14.9. The minimum atomic E-state index is -0.511. The zero-order chi connectivity index (χ0) is 12.8. The lowest BCUT2D eigenvalue weighted by Crippen LogP contribution is -2.48. The van der Waals surface area contributed by atoms with E-state index in [-0.39, 0.29) is 17.2 Å². The van der Waals surface area contributed by atoms with Gasteiger partial charge in [0.05, 0.1) is 6.04 Å². The number of amides is 2. The van der Waals surface area contributed by atoms with Crippen LogP contribution in [0.2, 0.25) is 0 Å². The van der Waals surface area contributed by atoms with Crippen molar-refractivity contribution in [3.05, 3.63) is 0 Å². The summed E-state index contributed by atoms with van der Waals surface area (Å²) in [5.41, 5.74) is 10.5. The van der Waals surface area contributed by atoms with Crippen LogP contribution in [0, 0.1) is 5.41 Å². The molecule has 5 heteroatoms. The molecular formula is C11H23N3O2. The van der Waals surface area contributed by atoms with Crippen LogP contribution in [-0.2, 0) is 9.59 Å². The van der Waals surface area contributed by atoms with Crippen molar-refractivity contribution in [3.8, 4) is 0 Å². The Morgan fingerprint density at radius 1 is 1.25 bits per heavy atom. The van der Waals surface area contributed by atoms with E-state index in [1.807, 2.05) is 20.8 Å². The maximum absolute atomic E-state index is 11.6. The monoisotopic (exact) mass is 229 g/mol. The number of rotatable bonds is 6. The molecule has 0 unspecified atom stereocenters. The average Bonchev–Trinajstić information content (AvgIpc) is 2.13. The van der Waals surface area contributed by atoms with Gasteiger partial charge in [-0.05, 0) is 18.3 Å². The Hall–Kier alpha value is -1.10. The number of unbranched alkanes of at least 4 members (excludes halogenated alkanes) is 1. The molecule has 0 fully saturated rings. The van der Waals surface area contributed by atoms with Crippen molar-refractivity contribution in [3.63, 3.8) is 0 Å². The van der Waals surface area contributed by atoms with E-state index in [1.54, 1.807) is 0 Å². The Balaban J connectivity index is 3.70. The fourth-order valence-electron chi connectivity index (χ4n) is 1.14. The Morgan fingerprint density at radius 3 is 2.25 bits per heavy atom. The van der Waals surface area contributed by atoms with Gasteiger partial charge in [0.2, 0.25) is 11.8 Å². The van der Waals surface area contributed by atoms with Crippen molar-refractivity contribution >= 4 is 11.8 Å². The molecule has 0 aromatic carbocycles. The molecule has 0 aliphatic rings. The van der Waals surface area contributed by atoms with Crippen molar-refractivity contribution in [2.24, 2.45) is 16.9 Å². The second kappa shape index (κ2) is 6.48. The number of hydrogen-bond donors (Lipinski definition) is 3. The summed E-state index contributed by atoms with van der Waals surface area (Å²) in [5.74, 6) is -0.454. The van der Waals surface area contributed by atoms with Gasteiger partial charge in [-0.3, -0.25) is 9.59 Å². The van der Waals surface area contributed by atoms with Gasteiger partial charge in [-0.2, -0.15) is 0 Å². The lowest BCUT2D eigenvalue weighted by molar-refractivity contribution is -0.124. The maximum atomic E-state index is 11.6. The Bertz CT molecular complexity index is 246. The molecule has 0 radical (unpaired) electrons. The van der Waals surface area contributed by atoms with Crippen molar-refractivity contribution in [2.75, 3.05) is 6.54 Å². The van der Waals surface area contributed by atoms with Crippen LogP contribution >= 0.6 is 0 Å². The molecule has 1 atom stereocenters. The van der Waals surface area contributed by atoms with Crippen LogP contribution in [0.5, 0.6) is 0 Å². The van der Waals surface area contributed by atoms with E-state index < -0.39 is 6.04 Å². The molecule has 0 aliphatic heterocycles. The van der Waals surface area contributed by atoms with Crippen LogP contribution < -0.4 is 16.8 Å². The minimum Gasteiger partial charge on any atom is -0.370 e. The molecule has 0 aromatic heterocycles. The number of nitrogens with two attached hydrogens (primary N) is 2. The zero-order valence-electron chi connectivity index (χ0n) is 10.4. The predicted molar refractivity (Wildman–Crippen MR) is 63.5 cm³/mol. The highest BCUT2D eigenvalue weighted by atomic mass is 16.2.